The first kappa shape index (κ1) is 9.85. The van der Waals surface area contributed by atoms with Crippen molar-refractivity contribution in [3.63, 3.8) is 0 Å². The maximum absolute atomic E-state index is 5.81. The molecule has 3 rings (SSSR count). The van der Waals surface area contributed by atoms with Gasteiger partial charge < -0.3 is 5.73 Å². The molecule has 1 aromatic heterocycles. The topological polar surface area (TPSA) is 38.9 Å². The summed E-state index contributed by atoms with van der Waals surface area (Å²) in [6.07, 6.45) is 3.54. The third-order valence-electron chi connectivity index (χ3n) is 2.92. The minimum atomic E-state index is 0.687. The molecule has 2 aromatic rings. The number of anilines is 1. The van der Waals surface area contributed by atoms with Crippen LogP contribution in [0.25, 0.3) is 0 Å². The van der Waals surface area contributed by atoms with Gasteiger partial charge in [0.15, 0.2) is 5.13 Å². The van der Waals surface area contributed by atoms with E-state index in [1.165, 1.54) is 29.0 Å². The predicted octanol–water partition coefficient (Wildman–Crippen LogP) is 3.19. The number of rotatable bonds is 3. The maximum atomic E-state index is 5.81. The second kappa shape index (κ2) is 3.91. The molecule has 0 unspecified atom stereocenters. The molecular formula is C13H14N2S. The van der Waals surface area contributed by atoms with Crippen molar-refractivity contribution in [1.29, 1.82) is 0 Å². The summed E-state index contributed by atoms with van der Waals surface area (Å²) in [5.41, 5.74) is 8.40. The fraction of sp³-hybridized carbons (Fsp3) is 0.308. The number of benzene rings is 1. The Kier molecular flexibility index (Phi) is 2.40. The van der Waals surface area contributed by atoms with Crippen LogP contribution in [0.4, 0.5) is 5.13 Å². The van der Waals surface area contributed by atoms with Crippen molar-refractivity contribution in [2.75, 3.05) is 5.73 Å². The van der Waals surface area contributed by atoms with E-state index in [9.17, 15) is 0 Å². The smallest absolute Gasteiger partial charge is 0.180 e. The standard InChI is InChI=1S/C13H14N2S/c14-13-15-12(10-6-7-10)11(16-13)8-9-4-2-1-3-5-9/h1-5,10H,6-8H2,(H2,14,15). The maximum Gasteiger partial charge on any atom is 0.180 e. The third-order valence-corrected chi connectivity index (χ3v) is 3.82. The van der Waals surface area contributed by atoms with Gasteiger partial charge in [0, 0.05) is 17.2 Å². The first-order chi connectivity index (χ1) is 7.83. The number of nitrogens with zero attached hydrogens (tertiary/aromatic N) is 1. The molecule has 0 bridgehead atoms. The Morgan fingerprint density at radius 1 is 1.25 bits per heavy atom. The van der Waals surface area contributed by atoms with Crippen molar-refractivity contribution < 1.29 is 0 Å². The van der Waals surface area contributed by atoms with Crippen LogP contribution in [0.5, 0.6) is 0 Å². The van der Waals surface area contributed by atoms with Crippen LogP contribution >= 0.6 is 11.3 Å². The van der Waals surface area contributed by atoms with Crippen molar-refractivity contribution in [2.45, 2.75) is 25.2 Å². The van der Waals surface area contributed by atoms with Crippen LogP contribution in [0, 0.1) is 0 Å². The Labute approximate surface area is 99.1 Å². The molecule has 82 valence electrons. The third kappa shape index (κ3) is 1.95. The minimum Gasteiger partial charge on any atom is -0.375 e. The molecule has 1 fully saturated rings. The number of nitrogen functional groups attached to an aromatic ring is 1. The zero-order valence-electron chi connectivity index (χ0n) is 9.02. The van der Waals surface area contributed by atoms with Gasteiger partial charge in [-0.3, -0.25) is 0 Å². The molecule has 0 atom stereocenters. The molecule has 0 saturated heterocycles. The van der Waals surface area contributed by atoms with Gasteiger partial charge >= 0.3 is 0 Å². The summed E-state index contributed by atoms with van der Waals surface area (Å²) in [5, 5.41) is 0.716. The zero-order chi connectivity index (χ0) is 11.0. The van der Waals surface area contributed by atoms with E-state index in [-0.39, 0.29) is 0 Å². The van der Waals surface area contributed by atoms with E-state index in [0.717, 1.165) is 6.42 Å². The summed E-state index contributed by atoms with van der Waals surface area (Å²) in [5.74, 6) is 0.687. The zero-order valence-corrected chi connectivity index (χ0v) is 9.83. The van der Waals surface area contributed by atoms with Crippen molar-refractivity contribution in [1.82, 2.24) is 4.98 Å². The highest BCUT2D eigenvalue weighted by Gasteiger charge is 2.29. The number of hydrogen-bond donors (Lipinski definition) is 1. The van der Waals surface area contributed by atoms with Crippen LogP contribution in [0.3, 0.4) is 0 Å². The molecule has 1 aliphatic carbocycles. The molecule has 0 amide bonds. The van der Waals surface area contributed by atoms with Gasteiger partial charge in [0.05, 0.1) is 5.69 Å². The van der Waals surface area contributed by atoms with Gasteiger partial charge in [0.1, 0.15) is 0 Å². The van der Waals surface area contributed by atoms with E-state index in [2.05, 4.69) is 29.2 Å². The molecule has 1 saturated carbocycles. The summed E-state index contributed by atoms with van der Waals surface area (Å²) >= 11 is 1.64. The van der Waals surface area contributed by atoms with Gasteiger partial charge in [0.25, 0.3) is 0 Å². The van der Waals surface area contributed by atoms with Gasteiger partial charge in [-0.2, -0.15) is 0 Å². The van der Waals surface area contributed by atoms with Gasteiger partial charge in [0.2, 0.25) is 0 Å². The van der Waals surface area contributed by atoms with Crippen molar-refractivity contribution in [3.8, 4) is 0 Å². The van der Waals surface area contributed by atoms with Crippen LogP contribution < -0.4 is 5.73 Å². The summed E-state index contributed by atoms with van der Waals surface area (Å²) in [4.78, 5) is 5.82. The number of nitrogens with two attached hydrogens (primary N) is 1. The molecule has 0 spiro atoms. The van der Waals surface area contributed by atoms with E-state index in [1.807, 2.05) is 6.07 Å². The monoisotopic (exact) mass is 230 g/mol. The fourth-order valence-corrected chi connectivity index (χ4v) is 2.92. The normalized spacial score (nSPS) is 15.2. The first-order valence-electron chi connectivity index (χ1n) is 5.62. The molecule has 1 heterocycles. The van der Waals surface area contributed by atoms with Crippen LogP contribution in [0.2, 0.25) is 0 Å². The molecular weight excluding hydrogens is 216 g/mol. The number of thiazole rings is 1. The average Bonchev–Trinajstić information content (AvgIpc) is 3.06. The Hall–Kier alpha value is -1.35. The number of hydrogen-bond acceptors (Lipinski definition) is 3. The molecule has 0 radical (unpaired) electrons. The SMILES string of the molecule is Nc1nc(C2CC2)c(Cc2ccccc2)s1. The van der Waals surface area contributed by atoms with Crippen LogP contribution in [-0.4, -0.2) is 4.98 Å². The molecule has 1 aromatic carbocycles. The van der Waals surface area contributed by atoms with Crippen LogP contribution in [-0.2, 0) is 6.42 Å². The minimum absolute atomic E-state index is 0.687. The highest BCUT2D eigenvalue weighted by Crippen LogP contribution is 2.43. The Morgan fingerprint density at radius 3 is 2.69 bits per heavy atom. The number of aromatic nitrogens is 1. The average molecular weight is 230 g/mol. The lowest BCUT2D eigenvalue weighted by molar-refractivity contribution is 1.01. The summed E-state index contributed by atoms with van der Waals surface area (Å²) in [7, 11) is 0. The van der Waals surface area contributed by atoms with E-state index in [0.29, 0.717) is 11.0 Å². The first-order valence-corrected chi connectivity index (χ1v) is 6.43. The summed E-state index contributed by atoms with van der Waals surface area (Å²) < 4.78 is 0. The Bertz CT molecular complexity index is 486. The quantitative estimate of drug-likeness (QED) is 0.879. The van der Waals surface area contributed by atoms with Gasteiger partial charge in [-0.1, -0.05) is 30.3 Å². The van der Waals surface area contributed by atoms with E-state index >= 15 is 0 Å². The molecule has 2 nitrogen and oxygen atoms in total. The Balaban J connectivity index is 1.89. The van der Waals surface area contributed by atoms with E-state index in [4.69, 9.17) is 5.73 Å². The van der Waals surface area contributed by atoms with Crippen LogP contribution in [0.15, 0.2) is 30.3 Å². The van der Waals surface area contributed by atoms with Crippen molar-refractivity contribution in [3.05, 3.63) is 46.5 Å². The lowest BCUT2D eigenvalue weighted by atomic mass is 10.1. The second-order valence-corrected chi connectivity index (χ2v) is 5.41. The molecule has 0 aliphatic heterocycles. The fourth-order valence-electron chi connectivity index (χ4n) is 1.97. The molecule has 3 heteroatoms. The van der Waals surface area contributed by atoms with Gasteiger partial charge in [-0.05, 0) is 18.4 Å². The summed E-state index contributed by atoms with van der Waals surface area (Å²) in [6.45, 7) is 0. The van der Waals surface area contributed by atoms with E-state index in [1.54, 1.807) is 11.3 Å². The second-order valence-electron chi connectivity index (χ2n) is 4.30. The predicted molar refractivity (Wildman–Crippen MR) is 67.7 cm³/mol. The molecule has 1 aliphatic rings. The highest BCUT2D eigenvalue weighted by atomic mass is 32.1. The lowest BCUT2D eigenvalue weighted by Crippen LogP contribution is -1.90. The van der Waals surface area contributed by atoms with Crippen molar-refractivity contribution >= 4 is 16.5 Å². The molecule has 16 heavy (non-hydrogen) atoms. The van der Waals surface area contributed by atoms with Gasteiger partial charge in [-0.15, -0.1) is 11.3 Å². The molecule has 2 N–H and O–H groups in total. The Morgan fingerprint density at radius 2 is 2.00 bits per heavy atom. The summed E-state index contributed by atoms with van der Waals surface area (Å²) in [6, 6.07) is 10.5. The van der Waals surface area contributed by atoms with Crippen molar-refractivity contribution in [2.24, 2.45) is 0 Å². The highest BCUT2D eigenvalue weighted by molar-refractivity contribution is 7.15. The largest absolute Gasteiger partial charge is 0.375 e. The van der Waals surface area contributed by atoms with E-state index < -0.39 is 0 Å². The lowest BCUT2D eigenvalue weighted by Gasteiger charge is -2.00. The van der Waals surface area contributed by atoms with Crippen LogP contribution in [0.1, 0.15) is 34.9 Å². The van der Waals surface area contributed by atoms with Gasteiger partial charge in [-0.25, -0.2) is 4.98 Å².